The Morgan fingerprint density at radius 1 is 1.21 bits per heavy atom. The lowest BCUT2D eigenvalue weighted by Crippen LogP contribution is -2.39. The van der Waals surface area contributed by atoms with E-state index >= 15 is 0 Å². The quantitative estimate of drug-likeness (QED) is 0.824. The van der Waals surface area contributed by atoms with Crippen molar-refractivity contribution in [3.05, 3.63) is 34.1 Å². The molecule has 0 aliphatic heterocycles. The molecule has 2 nitrogen and oxygen atoms in total. The fourth-order valence-electron chi connectivity index (χ4n) is 2.65. The normalized spacial score (nSPS) is 19.1. The number of rotatable bonds is 4. The van der Waals surface area contributed by atoms with Crippen molar-refractivity contribution in [3.8, 4) is 0 Å². The van der Waals surface area contributed by atoms with Crippen LogP contribution in [0.4, 0.5) is 4.39 Å². The monoisotopic (exact) mass is 329 g/mol. The van der Waals surface area contributed by atoms with Crippen LogP contribution in [0.1, 0.15) is 44.1 Å². The number of hydrogen-bond donors (Lipinski definition) is 2. The SMILES string of the molecule is OC1(CNCc2ccc(Br)c(F)c2)CCCCCC1. The van der Waals surface area contributed by atoms with E-state index in [9.17, 15) is 9.50 Å². The van der Waals surface area contributed by atoms with E-state index in [-0.39, 0.29) is 5.82 Å². The Balaban J connectivity index is 1.83. The molecule has 0 aromatic heterocycles. The molecule has 0 amide bonds. The van der Waals surface area contributed by atoms with Gasteiger partial charge in [-0.05, 0) is 46.5 Å². The van der Waals surface area contributed by atoms with E-state index < -0.39 is 5.60 Å². The van der Waals surface area contributed by atoms with Crippen molar-refractivity contribution in [3.63, 3.8) is 0 Å². The Labute approximate surface area is 122 Å². The summed E-state index contributed by atoms with van der Waals surface area (Å²) in [6.07, 6.45) is 6.39. The highest BCUT2D eigenvalue weighted by Crippen LogP contribution is 2.26. The van der Waals surface area contributed by atoms with Crippen LogP contribution in [0.25, 0.3) is 0 Å². The molecule has 4 heteroatoms. The molecule has 1 saturated carbocycles. The van der Waals surface area contributed by atoms with Crippen molar-refractivity contribution < 1.29 is 9.50 Å². The Morgan fingerprint density at radius 2 is 1.89 bits per heavy atom. The molecule has 0 bridgehead atoms. The highest BCUT2D eigenvalue weighted by atomic mass is 79.9. The standard InChI is InChI=1S/C15H21BrFNO/c16-13-6-5-12(9-14(13)17)10-18-11-15(19)7-3-1-2-4-8-15/h5-6,9,18-19H,1-4,7-8,10-11H2. The van der Waals surface area contributed by atoms with Gasteiger partial charge in [-0.3, -0.25) is 0 Å². The molecule has 0 radical (unpaired) electrons. The van der Waals surface area contributed by atoms with Gasteiger partial charge in [0.1, 0.15) is 5.82 Å². The van der Waals surface area contributed by atoms with E-state index in [2.05, 4.69) is 21.2 Å². The molecular weight excluding hydrogens is 309 g/mol. The summed E-state index contributed by atoms with van der Waals surface area (Å²) >= 11 is 3.14. The van der Waals surface area contributed by atoms with Crippen LogP contribution in [0.5, 0.6) is 0 Å². The molecule has 0 spiro atoms. The number of aliphatic hydroxyl groups is 1. The summed E-state index contributed by atoms with van der Waals surface area (Å²) in [5, 5.41) is 13.7. The van der Waals surface area contributed by atoms with E-state index in [1.807, 2.05) is 6.07 Å². The lowest BCUT2D eigenvalue weighted by Gasteiger charge is -2.27. The van der Waals surface area contributed by atoms with Gasteiger partial charge in [0.2, 0.25) is 0 Å². The summed E-state index contributed by atoms with van der Waals surface area (Å²) in [4.78, 5) is 0. The van der Waals surface area contributed by atoms with Gasteiger partial charge in [-0.25, -0.2) is 4.39 Å². The zero-order chi connectivity index (χ0) is 13.7. The average Bonchev–Trinajstić information content (AvgIpc) is 2.59. The van der Waals surface area contributed by atoms with E-state index in [1.54, 1.807) is 6.07 Å². The highest BCUT2D eigenvalue weighted by Gasteiger charge is 2.27. The summed E-state index contributed by atoms with van der Waals surface area (Å²) in [6, 6.07) is 5.12. The maximum atomic E-state index is 13.4. The molecule has 19 heavy (non-hydrogen) atoms. The van der Waals surface area contributed by atoms with Gasteiger partial charge in [-0.1, -0.05) is 31.7 Å². The Morgan fingerprint density at radius 3 is 2.53 bits per heavy atom. The largest absolute Gasteiger partial charge is 0.389 e. The van der Waals surface area contributed by atoms with Gasteiger partial charge in [0.05, 0.1) is 10.1 Å². The first-order chi connectivity index (χ1) is 9.09. The summed E-state index contributed by atoms with van der Waals surface area (Å²) in [6.45, 7) is 1.18. The van der Waals surface area contributed by atoms with Crippen molar-refractivity contribution in [1.29, 1.82) is 0 Å². The molecule has 0 heterocycles. The van der Waals surface area contributed by atoms with Crippen LogP contribution < -0.4 is 5.32 Å². The minimum atomic E-state index is -0.579. The van der Waals surface area contributed by atoms with Gasteiger partial charge in [0, 0.05) is 13.1 Å². The van der Waals surface area contributed by atoms with Crippen molar-refractivity contribution in [2.45, 2.75) is 50.7 Å². The van der Waals surface area contributed by atoms with Crippen LogP contribution >= 0.6 is 15.9 Å². The number of halogens is 2. The molecule has 1 aliphatic carbocycles. The van der Waals surface area contributed by atoms with Gasteiger partial charge in [0.25, 0.3) is 0 Å². The molecule has 2 N–H and O–H groups in total. The van der Waals surface area contributed by atoms with E-state index in [0.717, 1.165) is 31.2 Å². The molecule has 1 aliphatic rings. The second kappa shape index (κ2) is 6.82. The second-order valence-corrected chi connectivity index (χ2v) is 6.34. The summed E-state index contributed by atoms with van der Waals surface area (Å²) < 4.78 is 13.9. The summed E-state index contributed by atoms with van der Waals surface area (Å²) in [5.41, 5.74) is 0.322. The summed E-state index contributed by atoms with van der Waals surface area (Å²) in [7, 11) is 0. The highest BCUT2D eigenvalue weighted by molar-refractivity contribution is 9.10. The first-order valence-corrected chi connectivity index (χ1v) is 7.75. The van der Waals surface area contributed by atoms with E-state index in [1.165, 1.54) is 18.9 Å². The minimum Gasteiger partial charge on any atom is -0.389 e. The third-order valence-corrected chi connectivity index (χ3v) is 4.44. The molecule has 106 valence electrons. The van der Waals surface area contributed by atoms with Crippen LogP contribution in [-0.2, 0) is 6.54 Å². The second-order valence-electron chi connectivity index (χ2n) is 5.49. The van der Waals surface area contributed by atoms with Crippen LogP contribution in [-0.4, -0.2) is 17.3 Å². The number of hydrogen-bond acceptors (Lipinski definition) is 2. The van der Waals surface area contributed by atoms with Gasteiger partial charge >= 0.3 is 0 Å². The molecule has 0 saturated heterocycles. The number of nitrogens with one attached hydrogen (secondary N) is 1. The van der Waals surface area contributed by atoms with Crippen LogP contribution in [0.15, 0.2) is 22.7 Å². The first-order valence-electron chi connectivity index (χ1n) is 6.96. The minimum absolute atomic E-state index is 0.243. The van der Waals surface area contributed by atoms with Crippen molar-refractivity contribution >= 4 is 15.9 Å². The van der Waals surface area contributed by atoms with Crippen molar-refractivity contribution in [2.24, 2.45) is 0 Å². The fourth-order valence-corrected chi connectivity index (χ4v) is 2.90. The lowest BCUT2D eigenvalue weighted by atomic mass is 9.94. The van der Waals surface area contributed by atoms with E-state index in [0.29, 0.717) is 17.6 Å². The first kappa shape index (κ1) is 14.9. The van der Waals surface area contributed by atoms with Crippen LogP contribution in [0.3, 0.4) is 0 Å². The molecule has 1 aromatic carbocycles. The van der Waals surface area contributed by atoms with E-state index in [4.69, 9.17) is 0 Å². The topological polar surface area (TPSA) is 32.3 Å². The summed E-state index contributed by atoms with van der Waals surface area (Å²) in [5.74, 6) is -0.243. The molecule has 1 aromatic rings. The smallest absolute Gasteiger partial charge is 0.137 e. The maximum Gasteiger partial charge on any atom is 0.137 e. The predicted molar refractivity (Wildman–Crippen MR) is 78.5 cm³/mol. The lowest BCUT2D eigenvalue weighted by molar-refractivity contribution is 0.0250. The third kappa shape index (κ3) is 4.55. The molecule has 0 atom stereocenters. The average molecular weight is 330 g/mol. The Hall–Kier alpha value is -0.450. The predicted octanol–water partition coefficient (Wildman–Crippen LogP) is 3.76. The Bertz CT molecular complexity index is 417. The zero-order valence-electron chi connectivity index (χ0n) is 11.1. The molecule has 2 rings (SSSR count). The van der Waals surface area contributed by atoms with Gasteiger partial charge in [-0.15, -0.1) is 0 Å². The fraction of sp³-hybridized carbons (Fsp3) is 0.600. The van der Waals surface area contributed by atoms with Crippen molar-refractivity contribution in [1.82, 2.24) is 5.32 Å². The molecule has 0 unspecified atom stereocenters. The van der Waals surface area contributed by atoms with Crippen LogP contribution in [0, 0.1) is 5.82 Å². The number of benzene rings is 1. The molecule has 1 fully saturated rings. The van der Waals surface area contributed by atoms with Crippen molar-refractivity contribution in [2.75, 3.05) is 6.54 Å². The third-order valence-electron chi connectivity index (χ3n) is 3.80. The zero-order valence-corrected chi connectivity index (χ0v) is 12.7. The molecular formula is C15H21BrFNO. The van der Waals surface area contributed by atoms with Crippen LogP contribution in [0.2, 0.25) is 0 Å². The van der Waals surface area contributed by atoms with Gasteiger partial charge in [0.15, 0.2) is 0 Å². The Kier molecular flexibility index (Phi) is 5.37. The van der Waals surface area contributed by atoms with Gasteiger partial charge in [-0.2, -0.15) is 0 Å². The maximum absolute atomic E-state index is 13.4. The van der Waals surface area contributed by atoms with Gasteiger partial charge < -0.3 is 10.4 Å².